The van der Waals surface area contributed by atoms with Crippen LogP contribution in [-0.4, -0.2) is 20.4 Å². The molecule has 0 saturated carbocycles. The summed E-state index contributed by atoms with van der Waals surface area (Å²) >= 11 is 1.12. The minimum absolute atomic E-state index is 0.186. The fourth-order valence-corrected chi connectivity index (χ4v) is 5.49. The van der Waals surface area contributed by atoms with Gasteiger partial charge in [0, 0.05) is 5.69 Å². The molecule has 0 aliphatic carbocycles. The lowest BCUT2D eigenvalue weighted by molar-refractivity contribution is -0.117. The molecule has 0 radical (unpaired) electrons. The maximum Gasteiger partial charge on any atom is 0.250 e. The van der Waals surface area contributed by atoms with E-state index in [0.29, 0.717) is 5.69 Å². The minimum atomic E-state index is -3.79. The van der Waals surface area contributed by atoms with E-state index in [-0.39, 0.29) is 16.5 Å². The quantitative estimate of drug-likeness (QED) is 0.592. The molecule has 0 fully saturated rings. The van der Waals surface area contributed by atoms with E-state index in [4.69, 9.17) is 0 Å². The number of hydrogen-bond acceptors (Lipinski definition) is 4. The number of benzene rings is 2. The Bertz CT molecular complexity index is 1070. The summed E-state index contributed by atoms with van der Waals surface area (Å²) in [6.07, 6.45) is 0.251. The highest BCUT2D eigenvalue weighted by Crippen LogP contribution is 2.23. The maximum atomic E-state index is 13.1. The molecule has 0 bridgehead atoms. The van der Waals surface area contributed by atoms with E-state index in [1.54, 1.807) is 11.4 Å². The minimum Gasteiger partial charge on any atom is -0.324 e. The third-order valence-corrected chi connectivity index (χ3v) is 7.45. The van der Waals surface area contributed by atoms with Gasteiger partial charge in [0.1, 0.15) is 10.3 Å². The number of aryl methyl sites for hydroxylation is 3. The molecule has 0 aliphatic heterocycles. The predicted octanol–water partition coefficient (Wildman–Crippen LogP) is 4.20. The third kappa shape index (κ3) is 5.32. The third-order valence-electron chi connectivity index (χ3n) is 4.58. The van der Waals surface area contributed by atoms with Gasteiger partial charge >= 0.3 is 0 Å². The smallest absolute Gasteiger partial charge is 0.250 e. The van der Waals surface area contributed by atoms with Crippen molar-refractivity contribution in [1.82, 2.24) is 4.72 Å². The van der Waals surface area contributed by atoms with Crippen LogP contribution in [0.1, 0.15) is 22.3 Å². The number of anilines is 1. The zero-order valence-corrected chi connectivity index (χ0v) is 18.2. The lowest BCUT2D eigenvalue weighted by atomic mass is 10.0. The van der Waals surface area contributed by atoms with Crippen LogP contribution in [0.25, 0.3) is 0 Å². The van der Waals surface area contributed by atoms with E-state index in [1.807, 2.05) is 63.2 Å². The van der Waals surface area contributed by atoms with Gasteiger partial charge in [0.15, 0.2) is 0 Å². The van der Waals surface area contributed by atoms with Gasteiger partial charge in [-0.05, 0) is 55.3 Å². The number of amides is 1. The average molecular weight is 429 g/mol. The van der Waals surface area contributed by atoms with Gasteiger partial charge in [-0.1, -0.05) is 54.1 Å². The fourth-order valence-electron chi connectivity index (χ4n) is 3.29. The number of thiophene rings is 1. The summed E-state index contributed by atoms with van der Waals surface area (Å²) in [5.74, 6) is -0.385. The van der Waals surface area contributed by atoms with Crippen LogP contribution in [-0.2, 0) is 21.2 Å². The summed E-state index contributed by atoms with van der Waals surface area (Å²) in [5, 5.41) is 4.63. The van der Waals surface area contributed by atoms with Crippen molar-refractivity contribution in [2.24, 2.45) is 0 Å². The lowest BCUT2D eigenvalue weighted by Crippen LogP contribution is -2.45. The van der Waals surface area contributed by atoms with Crippen molar-refractivity contribution < 1.29 is 13.2 Å². The maximum absolute atomic E-state index is 13.1. The topological polar surface area (TPSA) is 75.3 Å². The van der Waals surface area contributed by atoms with Gasteiger partial charge < -0.3 is 5.32 Å². The standard InChI is InChI=1S/C22H24N2O3S2/c1-15-12-16(2)21(17(3)13-15)23-22(25)19(14-18-8-5-4-6-9-18)24-29(26,27)20-10-7-11-28-20/h4-13,19,24H,14H2,1-3H3,(H,23,25)/t19-/m1/s1. The monoisotopic (exact) mass is 428 g/mol. The van der Waals surface area contributed by atoms with Crippen molar-refractivity contribution in [2.45, 2.75) is 37.4 Å². The Morgan fingerprint density at radius 2 is 1.66 bits per heavy atom. The van der Waals surface area contributed by atoms with Crippen LogP contribution >= 0.6 is 11.3 Å². The molecule has 29 heavy (non-hydrogen) atoms. The molecular formula is C22H24N2O3S2. The van der Waals surface area contributed by atoms with Crippen LogP contribution in [0.15, 0.2) is 64.2 Å². The second-order valence-electron chi connectivity index (χ2n) is 7.06. The molecule has 0 aliphatic rings. The molecule has 2 N–H and O–H groups in total. The van der Waals surface area contributed by atoms with Crippen LogP contribution in [0, 0.1) is 20.8 Å². The Labute approximate surface area is 175 Å². The molecule has 7 heteroatoms. The first-order chi connectivity index (χ1) is 13.8. The first-order valence-electron chi connectivity index (χ1n) is 9.25. The summed E-state index contributed by atoms with van der Waals surface area (Å²) in [7, 11) is -3.79. The van der Waals surface area contributed by atoms with Crippen molar-refractivity contribution in [3.8, 4) is 0 Å². The van der Waals surface area contributed by atoms with Gasteiger partial charge in [0.05, 0.1) is 0 Å². The van der Waals surface area contributed by atoms with Crippen LogP contribution in [0.4, 0.5) is 5.69 Å². The van der Waals surface area contributed by atoms with Gasteiger partial charge in [0.2, 0.25) is 5.91 Å². The van der Waals surface area contributed by atoms with E-state index in [9.17, 15) is 13.2 Å². The van der Waals surface area contributed by atoms with Crippen molar-refractivity contribution >= 4 is 33.0 Å². The Kier molecular flexibility index (Phi) is 6.52. The highest BCUT2D eigenvalue weighted by atomic mass is 32.2. The van der Waals surface area contributed by atoms with Crippen molar-refractivity contribution in [1.29, 1.82) is 0 Å². The zero-order chi connectivity index (χ0) is 21.0. The normalized spacial score (nSPS) is 12.5. The Hall–Kier alpha value is -2.48. The van der Waals surface area contributed by atoms with Crippen molar-refractivity contribution in [3.05, 3.63) is 82.2 Å². The molecule has 5 nitrogen and oxygen atoms in total. The molecule has 1 aromatic heterocycles. The molecule has 152 valence electrons. The molecule has 3 aromatic rings. The Balaban J connectivity index is 1.89. The zero-order valence-electron chi connectivity index (χ0n) is 16.6. The second-order valence-corrected chi connectivity index (χ2v) is 9.95. The van der Waals surface area contributed by atoms with E-state index in [2.05, 4.69) is 10.0 Å². The molecule has 1 amide bonds. The summed E-state index contributed by atoms with van der Waals surface area (Å²) in [4.78, 5) is 13.1. The Morgan fingerprint density at radius 3 is 2.24 bits per heavy atom. The van der Waals surface area contributed by atoms with Crippen LogP contribution < -0.4 is 10.0 Å². The first-order valence-corrected chi connectivity index (χ1v) is 11.6. The van der Waals surface area contributed by atoms with Gasteiger partial charge in [-0.25, -0.2) is 8.42 Å². The summed E-state index contributed by atoms with van der Waals surface area (Å²) in [6, 6.07) is 15.6. The highest BCUT2D eigenvalue weighted by molar-refractivity contribution is 7.91. The number of nitrogens with one attached hydrogen (secondary N) is 2. The van der Waals surface area contributed by atoms with Crippen LogP contribution in [0.2, 0.25) is 0 Å². The molecule has 0 saturated heterocycles. The lowest BCUT2D eigenvalue weighted by Gasteiger charge is -2.20. The molecule has 2 aromatic carbocycles. The highest BCUT2D eigenvalue weighted by Gasteiger charge is 2.27. The predicted molar refractivity (Wildman–Crippen MR) is 118 cm³/mol. The molecular weight excluding hydrogens is 404 g/mol. The van der Waals surface area contributed by atoms with E-state index >= 15 is 0 Å². The SMILES string of the molecule is Cc1cc(C)c(NC(=O)[C@@H](Cc2ccccc2)NS(=O)(=O)c2cccs2)c(C)c1. The number of hydrogen-bond donors (Lipinski definition) is 2. The van der Waals surface area contributed by atoms with Crippen molar-refractivity contribution in [3.63, 3.8) is 0 Å². The van der Waals surface area contributed by atoms with E-state index < -0.39 is 16.1 Å². The fraction of sp³-hybridized carbons (Fsp3) is 0.227. The number of carbonyl (C=O) groups is 1. The van der Waals surface area contributed by atoms with Crippen LogP contribution in [0.5, 0.6) is 0 Å². The summed E-state index contributed by atoms with van der Waals surface area (Å²) in [5.41, 5.74) is 4.58. The van der Waals surface area contributed by atoms with Gasteiger partial charge in [-0.3, -0.25) is 4.79 Å². The number of sulfonamides is 1. The van der Waals surface area contributed by atoms with E-state index in [1.165, 1.54) is 6.07 Å². The Morgan fingerprint density at radius 1 is 1.00 bits per heavy atom. The summed E-state index contributed by atoms with van der Waals surface area (Å²) < 4.78 is 28.3. The number of rotatable bonds is 7. The largest absolute Gasteiger partial charge is 0.324 e. The molecule has 0 spiro atoms. The molecule has 0 unspecified atom stereocenters. The molecule has 3 rings (SSSR count). The van der Waals surface area contributed by atoms with Gasteiger partial charge in [0.25, 0.3) is 10.0 Å². The number of carbonyl (C=O) groups excluding carboxylic acids is 1. The van der Waals surface area contributed by atoms with Crippen molar-refractivity contribution in [2.75, 3.05) is 5.32 Å². The van der Waals surface area contributed by atoms with E-state index in [0.717, 1.165) is 33.6 Å². The first kappa shape index (κ1) is 21.2. The average Bonchev–Trinajstić information content (AvgIpc) is 3.20. The molecule has 1 atom stereocenters. The second kappa shape index (κ2) is 8.90. The molecule has 1 heterocycles. The van der Waals surface area contributed by atoms with Gasteiger partial charge in [-0.2, -0.15) is 4.72 Å². The van der Waals surface area contributed by atoms with Crippen LogP contribution in [0.3, 0.4) is 0 Å². The summed E-state index contributed by atoms with van der Waals surface area (Å²) in [6.45, 7) is 5.86. The van der Waals surface area contributed by atoms with Gasteiger partial charge in [-0.15, -0.1) is 11.3 Å².